The van der Waals surface area contributed by atoms with Gasteiger partial charge < -0.3 is 15.7 Å². The predicted octanol–water partition coefficient (Wildman–Crippen LogP) is 1.65. The minimum atomic E-state index is -1.01. The number of nitrogens with two attached hydrogens (primary N) is 1. The van der Waals surface area contributed by atoms with Gasteiger partial charge in [0.1, 0.15) is 0 Å². The van der Waals surface area contributed by atoms with Gasteiger partial charge in [0, 0.05) is 13.6 Å². The maximum atomic E-state index is 11.5. The van der Waals surface area contributed by atoms with Crippen LogP contribution >= 0.6 is 0 Å². The summed E-state index contributed by atoms with van der Waals surface area (Å²) in [6.45, 7) is 0.580. The maximum Gasteiger partial charge on any atom is 0.338 e. The van der Waals surface area contributed by atoms with Crippen LogP contribution in [0.3, 0.4) is 0 Å². The Morgan fingerprint density at radius 3 is 2.77 bits per heavy atom. The van der Waals surface area contributed by atoms with E-state index in [-0.39, 0.29) is 11.5 Å². The molecule has 1 aromatic carbocycles. The standard InChI is InChI=1S/C15H15N5O2/c1-19(8-10-5-3-2-4-6-10)12-9-20-13(17-15(16)18-20)7-11(12)14(21)22/h2-7,9H,8H2,1H3,(H2,16,18)(H,21,22). The van der Waals surface area contributed by atoms with Crippen molar-refractivity contribution in [2.45, 2.75) is 6.54 Å². The van der Waals surface area contributed by atoms with Crippen molar-refractivity contribution in [1.82, 2.24) is 14.6 Å². The summed E-state index contributed by atoms with van der Waals surface area (Å²) in [7, 11) is 1.83. The number of nitrogen functional groups attached to an aromatic ring is 1. The molecule has 7 nitrogen and oxygen atoms in total. The first-order chi connectivity index (χ1) is 10.5. The van der Waals surface area contributed by atoms with Crippen LogP contribution in [0.5, 0.6) is 0 Å². The van der Waals surface area contributed by atoms with Gasteiger partial charge in [0.05, 0.1) is 17.4 Å². The van der Waals surface area contributed by atoms with Crippen LogP contribution in [0.15, 0.2) is 42.6 Å². The summed E-state index contributed by atoms with van der Waals surface area (Å²) in [5.41, 5.74) is 7.77. The predicted molar refractivity (Wildman–Crippen MR) is 82.9 cm³/mol. The Kier molecular flexibility index (Phi) is 3.38. The van der Waals surface area contributed by atoms with E-state index in [0.29, 0.717) is 17.9 Å². The van der Waals surface area contributed by atoms with Gasteiger partial charge in [-0.15, -0.1) is 5.10 Å². The quantitative estimate of drug-likeness (QED) is 0.760. The Morgan fingerprint density at radius 1 is 1.36 bits per heavy atom. The van der Waals surface area contributed by atoms with Crippen molar-refractivity contribution in [3.05, 3.63) is 53.7 Å². The summed E-state index contributed by atoms with van der Waals surface area (Å²) in [6, 6.07) is 11.3. The molecule has 0 aliphatic carbocycles. The van der Waals surface area contributed by atoms with Gasteiger partial charge in [-0.3, -0.25) is 0 Å². The number of nitrogens with zero attached hydrogens (tertiary/aromatic N) is 4. The van der Waals surface area contributed by atoms with Crippen LogP contribution in [-0.4, -0.2) is 32.7 Å². The molecular weight excluding hydrogens is 282 g/mol. The fourth-order valence-electron chi connectivity index (χ4n) is 2.35. The zero-order valence-corrected chi connectivity index (χ0v) is 12.0. The van der Waals surface area contributed by atoms with Crippen LogP contribution in [0.2, 0.25) is 0 Å². The van der Waals surface area contributed by atoms with E-state index in [1.165, 1.54) is 10.6 Å². The highest BCUT2D eigenvalue weighted by Gasteiger charge is 2.17. The monoisotopic (exact) mass is 297 g/mol. The number of rotatable bonds is 4. The first kappa shape index (κ1) is 13.9. The molecule has 2 heterocycles. The van der Waals surface area contributed by atoms with Crippen molar-refractivity contribution in [2.24, 2.45) is 0 Å². The van der Waals surface area contributed by atoms with E-state index in [2.05, 4.69) is 10.1 Å². The third-order valence-corrected chi connectivity index (χ3v) is 3.37. The van der Waals surface area contributed by atoms with Gasteiger partial charge in [-0.05, 0) is 11.6 Å². The van der Waals surface area contributed by atoms with E-state index in [0.717, 1.165) is 5.56 Å². The Bertz CT molecular complexity index is 829. The van der Waals surface area contributed by atoms with Gasteiger partial charge in [0.2, 0.25) is 5.95 Å². The number of carboxylic acid groups (broad SMARTS) is 1. The lowest BCUT2D eigenvalue weighted by atomic mass is 10.1. The molecule has 0 aliphatic heterocycles. The summed E-state index contributed by atoms with van der Waals surface area (Å²) in [6.07, 6.45) is 1.63. The normalized spacial score (nSPS) is 10.8. The number of anilines is 2. The second-order valence-corrected chi connectivity index (χ2v) is 4.99. The van der Waals surface area contributed by atoms with Gasteiger partial charge in [0.25, 0.3) is 0 Å². The highest BCUT2D eigenvalue weighted by molar-refractivity contribution is 5.95. The molecule has 0 bridgehead atoms. The smallest absolute Gasteiger partial charge is 0.338 e. The first-order valence-corrected chi connectivity index (χ1v) is 6.69. The Balaban J connectivity index is 2.03. The van der Waals surface area contributed by atoms with Crippen molar-refractivity contribution < 1.29 is 9.90 Å². The van der Waals surface area contributed by atoms with E-state index in [9.17, 15) is 9.90 Å². The molecule has 22 heavy (non-hydrogen) atoms. The molecule has 0 fully saturated rings. The zero-order chi connectivity index (χ0) is 15.7. The average molecular weight is 297 g/mol. The minimum absolute atomic E-state index is 0.110. The summed E-state index contributed by atoms with van der Waals surface area (Å²) in [5.74, 6) is -0.904. The third kappa shape index (κ3) is 2.56. The van der Waals surface area contributed by atoms with Crippen molar-refractivity contribution in [3.8, 4) is 0 Å². The lowest BCUT2D eigenvalue weighted by molar-refractivity contribution is 0.0697. The largest absolute Gasteiger partial charge is 0.478 e. The number of carboxylic acids is 1. The van der Waals surface area contributed by atoms with E-state index >= 15 is 0 Å². The topological polar surface area (TPSA) is 96.8 Å². The molecule has 0 saturated heterocycles. The molecule has 0 atom stereocenters. The average Bonchev–Trinajstić information content (AvgIpc) is 2.85. The molecule has 112 valence electrons. The number of hydrogen-bond donors (Lipinski definition) is 2. The van der Waals surface area contributed by atoms with Crippen molar-refractivity contribution in [3.63, 3.8) is 0 Å². The number of aromatic nitrogens is 3. The van der Waals surface area contributed by atoms with Crippen molar-refractivity contribution >= 4 is 23.3 Å². The van der Waals surface area contributed by atoms with Crippen LogP contribution in [0.4, 0.5) is 11.6 Å². The summed E-state index contributed by atoms with van der Waals surface area (Å²) >= 11 is 0. The van der Waals surface area contributed by atoms with Crippen molar-refractivity contribution in [1.29, 1.82) is 0 Å². The van der Waals surface area contributed by atoms with E-state index in [1.54, 1.807) is 6.20 Å². The number of hydrogen-bond acceptors (Lipinski definition) is 5. The fourth-order valence-corrected chi connectivity index (χ4v) is 2.35. The first-order valence-electron chi connectivity index (χ1n) is 6.69. The zero-order valence-electron chi connectivity index (χ0n) is 12.0. The summed E-state index contributed by atoms with van der Waals surface area (Å²) in [5, 5.41) is 13.5. The second-order valence-electron chi connectivity index (χ2n) is 4.99. The van der Waals surface area contributed by atoms with Crippen LogP contribution in [-0.2, 0) is 6.54 Å². The molecule has 0 spiro atoms. The fraction of sp³-hybridized carbons (Fsp3) is 0.133. The van der Waals surface area contributed by atoms with Crippen LogP contribution in [0.25, 0.3) is 5.65 Å². The Hall–Kier alpha value is -3.09. The Morgan fingerprint density at radius 2 is 2.09 bits per heavy atom. The van der Waals surface area contributed by atoms with E-state index in [1.807, 2.05) is 42.3 Å². The SMILES string of the molecule is CN(Cc1ccccc1)c1cn2nc(N)nc2cc1C(=O)O. The molecule has 0 saturated carbocycles. The van der Waals surface area contributed by atoms with Gasteiger partial charge >= 0.3 is 5.97 Å². The lowest BCUT2D eigenvalue weighted by Gasteiger charge is -2.21. The number of fused-ring (bicyclic) bond motifs is 1. The molecule has 7 heteroatoms. The van der Waals surface area contributed by atoms with Gasteiger partial charge in [0.15, 0.2) is 5.65 Å². The number of aromatic carboxylic acids is 1. The molecule has 3 N–H and O–H groups in total. The minimum Gasteiger partial charge on any atom is -0.478 e. The Labute approximate surface area is 126 Å². The number of carbonyl (C=O) groups is 1. The van der Waals surface area contributed by atoms with Gasteiger partial charge in [-0.2, -0.15) is 4.98 Å². The molecule has 0 aliphatic rings. The summed E-state index contributed by atoms with van der Waals surface area (Å²) in [4.78, 5) is 17.4. The highest BCUT2D eigenvalue weighted by Crippen LogP contribution is 2.23. The van der Waals surface area contributed by atoms with E-state index in [4.69, 9.17) is 5.73 Å². The highest BCUT2D eigenvalue weighted by atomic mass is 16.4. The molecular formula is C15H15N5O2. The van der Waals surface area contributed by atoms with Gasteiger partial charge in [-0.25, -0.2) is 9.31 Å². The molecule has 0 unspecified atom stereocenters. The molecule has 0 amide bonds. The van der Waals surface area contributed by atoms with Gasteiger partial charge in [-0.1, -0.05) is 30.3 Å². The summed E-state index contributed by atoms with van der Waals surface area (Å²) < 4.78 is 1.48. The van der Waals surface area contributed by atoms with Crippen molar-refractivity contribution in [2.75, 3.05) is 17.7 Å². The second kappa shape index (κ2) is 5.36. The number of benzene rings is 1. The van der Waals surface area contributed by atoms with Crippen LogP contribution in [0, 0.1) is 0 Å². The lowest BCUT2D eigenvalue weighted by Crippen LogP contribution is -2.20. The molecule has 0 radical (unpaired) electrons. The number of pyridine rings is 1. The van der Waals surface area contributed by atoms with Crippen LogP contribution < -0.4 is 10.6 Å². The third-order valence-electron chi connectivity index (χ3n) is 3.37. The molecule has 3 aromatic rings. The maximum absolute atomic E-state index is 11.5. The molecule has 3 rings (SSSR count). The van der Waals surface area contributed by atoms with E-state index < -0.39 is 5.97 Å². The van der Waals surface area contributed by atoms with Crippen LogP contribution in [0.1, 0.15) is 15.9 Å². The molecule has 2 aromatic heterocycles.